The van der Waals surface area contributed by atoms with Crippen LogP contribution in [0.25, 0.3) is 0 Å². The molecule has 3 radical (unpaired) electrons. The fourth-order valence-corrected chi connectivity index (χ4v) is 6.94. The van der Waals surface area contributed by atoms with Gasteiger partial charge in [0.15, 0.2) is 0 Å². The molecule has 0 aromatic carbocycles. The Labute approximate surface area is 282 Å². The van der Waals surface area contributed by atoms with Gasteiger partial charge in [0.05, 0.1) is 14.2 Å². The van der Waals surface area contributed by atoms with E-state index in [0.717, 1.165) is 18.8 Å². The van der Waals surface area contributed by atoms with E-state index in [-0.39, 0.29) is 148 Å². The van der Waals surface area contributed by atoms with E-state index in [9.17, 15) is 19.5 Å². The van der Waals surface area contributed by atoms with Crippen LogP contribution in [0, 0.1) is 59.2 Å². The van der Waals surface area contributed by atoms with Crippen LogP contribution in [0.2, 0.25) is 0 Å². The number of carboxylic acids is 1. The van der Waals surface area contributed by atoms with Crippen molar-refractivity contribution in [1.29, 1.82) is 0 Å². The summed E-state index contributed by atoms with van der Waals surface area (Å²) in [5, 5.41) is 9.56. The van der Waals surface area contributed by atoms with Gasteiger partial charge < -0.3 is 32.3 Å². The maximum Gasteiger partial charge on any atom is 0.142 e. The molecule has 2 bridgehead atoms. The third kappa shape index (κ3) is 7.25. The molecule has 189 valence electrons. The average Bonchev–Trinajstić information content (AvgIpc) is 3.26. The molecule has 0 spiro atoms. The number of fused-ring (bicyclic) bond motifs is 5. The predicted molar refractivity (Wildman–Crippen MR) is 119 cm³/mol. The summed E-state index contributed by atoms with van der Waals surface area (Å²) in [6.45, 7) is 5.77. The molecule has 3 aliphatic carbocycles. The number of carbonyl (C=O) groups excluding carboxylic acids is 2. The van der Waals surface area contributed by atoms with Gasteiger partial charge in [0.2, 0.25) is 0 Å². The van der Waals surface area contributed by atoms with Crippen molar-refractivity contribution in [2.75, 3.05) is 14.2 Å². The summed E-state index contributed by atoms with van der Waals surface area (Å²) in [7, 11) is 2.49. The number of carbonyl (C=O) groups is 3. The van der Waals surface area contributed by atoms with Crippen molar-refractivity contribution in [2.24, 2.45) is 41.4 Å². The van der Waals surface area contributed by atoms with E-state index in [1.165, 1.54) is 40.4 Å². The van der Waals surface area contributed by atoms with Crippen LogP contribution >= 0.6 is 0 Å². The number of aliphatic carboxylic acids is 1. The Bertz CT molecular complexity index is 659. The van der Waals surface area contributed by atoms with Crippen molar-refractivity contribution in [1.82, 2.24) is 0 Å². The second-order valence-corrected chi connectivity index (χ2v) is 8.99. The molecule has 3 aliphatic rings. The van der Waals surface area contributed by atoms with E-state index >= 15 is 0 Å². The standard InChI is InChI=1S/C23H33O6.2CH4.3Y/c1-6-13-8-7-9-14-16-10-15(19(13)14)11(2)17(16)20(23(27)29-5)18(22(26)28-4)12(3)21(24)25;;;;;/h11,13-17,19H,6-10H2,1-5H3,(H,24,25);2*1H4;;;/q-3;;;;;. The van der Waals surface area contributed by atoms with Crippen molar-refractivity contribution in [3.8, 4) is 0 Å². The summed E-state index contributed by atoms with van der Waals surface area (Å²) in [4.78, 5) is 37.2. The molecular weight excluding hydrogens is 663 g/mol. The molecule has 0 heterocycles. The molecule has 0 aromatic heterocycles. The topological polar surface area (TPSA) is 89.9 Å². The first kappa shape index (κ1) is 39.8. The Morgan fingerprint density at radius 3 is 1.97 bits per heavy atom. The Hall–Kier alpha value is 1.33. The van der Waals surface area contributed by atoms with Crippen LogP contribution in [0.5, 0.6) is 0 Å². The summed E-state index contributed by atoms with van der Waals surface area (Å²) in [5.41, 5.74) is 0. The Kier molecular flexibility index (Phi) is 19.9. The molecule has 1 N–H and O–H groups in total. The molecular formula is C25H41O6Y3-3. The van der Waals surface area contributed by atoms with E-state index in [2.05, 4.69) is 13.8 Å². The second-order valence-electron chi connectivity index (χ2n) is 8.99. The Morgan fingerprint density at radius 1 is 0.941 bits per heavy atom. The summed E-state index contributed by atoms with van der Waals surface area (Å²) >= 11 is 0. The first-order valence-electron chi connectivity index (χ1n) is 10.8. The molecule has 9 heteroatoms. The summed E-state index contributed by atoms with van der Waals surface area (Å²) in [6.07, 6.45) is 5.84. The zero-order chi connectivity index (χ0) is 21.5. The van der Waals surface area contributed by atoms with Crippen LogP contribution in [0.4, 0.5) is 0 Å². The van der Waals surface area contributed by atoms with Gasteiger partial charge in [0.25, 0.3) is 0 Å². The molecule has 7 unspecified atom stereocenters. The van der Waals surface area contributed by atoms with Crippen LogP contribution in [0.1, 0.15) is 67.7 Å². The van der Waals surface area contributed by atoms with E-state index in [1.807, 2.05) is 0 Å². The fraction of sp³-hybridized carbons (Fsp3) is 0.760. The largest absolute Gasteiger partial charge is 0.549 e. The minimum atomic E-state index is -1.23. The maximum absolute atomic E-state index is 12.9. The minimum Gasteiger partial charge on any atom is -0.549 e. The average molecular weight is 704 g/mol. The fourth-order valence-electron chi connectivity index (χ4n) is 6.94. The van der Waals surface area contributed by atoms with E-state index in [1.54, 1.807) is 0 Å². The maximum atomic E-state index is 12.9. The molecule has 3 fully saturated rings. The number of rotatable bonds is 7. The van der Waals surface area contributed by atoms with Gasteiger partial charge in [-0.05, 0) is 36.5 Å². The first-order valence-corrected chi connectivity index (χ1v) is 10.8. The van der Waals surface area contributed by atoms with Gasteiger partial charge >= 0.3 is 0 Å². The second kappa shape index (κ2) is 17.0. The zero-order valence-electron chi connectivity index (χ0n) is 19.8. The Morgan fingerprint density at radius 2 is 1.50 bits per heavy atom. The van der Waals surface area contributed by atoms with Crippen LogP contribution in [-0.4, -0.2) is 37.2 Å². The van der Waals surface area contributed by atoms with Gasteiger partial charge in [-0.25, -0.2) is 0 Å². The molecule has 0 aromatic rings. The third-order valence-corrected chi connectivity index (χ3v) is 8.06. The number of ether oxygens (including phenoxy) is 2. The first-order chi connectivity index (χ1) is 13.8. The molecule has 7 atom stereocenters. The molecule has 3 rings (SSSR count). The smallest absolute Gasteiger partial charge is 0.142 e. The minimum absolute atomic E-state index is 0. The van der Waals surface area contributed by atoms with Gasteiger partial charge in [-0.15, -0.1) is 0 Å². The molecule has 3 saturated carbocycles. The van der Waals surface area contributed by atoms with E-state index in [0.29, 0.717) is 17.8 Å². The number of carboxylic acid groups (broad SMARTS) is 1. The number of hydrogen-bond acceptors (Lipinski definition) is 5. The van der Waals surface area contributed by atoms with Gasteiger partial charge in [-0.2, -0.15) is 12.8 Å². The van der Waals surface area contributed by atoms with Gasteiger partial charge in [-0.1, -0.05) is 59.8 Å². The normalized spacial score (nSPS) is 29.7. The van der Waals surface area contributed by atoms with Crippen molar-refractivity contribution in [3.63, 3.8) is 0 Å². The Balaban J connectivity index is -0.00000192. The quantitative estimate of drug-likeness (QED) is 0.304. The van der Waals surface area contributed by atoms with Crippen molar-refractivity contribution < 1.29 is 127 Å². The summed E-state index contributed by atoms with van der Waals surface area (Å²) in [6, 6.07) is 0. The molecule has 34 heavy (non-hydrogen) atoms. The third-order valence-electron chi connectivity index (χ3n) is 8.06. The van der Waals surface area contributed by atoms with Crippen LogP contribution in [0.3, 0.4) is 0 Å². The summed E-state index contributed by atoms with van der Waals surface area (Å²) < 4.78 is 9.94. The van der Waals surface area contributed by atoms with Crippen molar-refractivity contribution >= 4 is 17.9 Å². The number of hydrogen-bond donors (Lipinski definition) is 1. The predicted octanol–water partition coefficient (Wildman–Crippen LogP) is 4.77. The SMILES string of the molecule is C.C.CCC1CCCC2C3CC(C(C)C3[C-](C(=O)OC)[C-](C(=O)OC)[C-](C)C(=O)O)C12.[Y].[Y].[Y]. The van der Waals surface area contributed by atoms with E-state index in [4.69, 9.17) is 9.47 Å². The number of esters is 2. The van der Waals surface area contributed by atoms with Gasteiger partial charge in [0, 0.05) is 98.1 Å². The van der Waals surface area contributed by atoms with Gasteiger partial charge in [-0.3, -0.25) is 14.4 Å². The zero-order valence-corrected chi connectivity index (χ0v) is 28.3. The molecule has 6 nitrogen and oxygen atoms in total. The number of methoxy groups -OCH3 is 2. The van der Waals surface area contributed by atoms with Crippen molar-refractivity contribution in [2.45, 2.75) is 67.7 Å². The molecule has 0 amide bonds. The van der Waals surface area contributed by atoms with Crippen molar-refractivity contribution in [3.05, 3.63) is 17.8 Å². The van der Waals surface area contributed by atoms with Crippen LogP contribution in [0.15, 0.2) is 0 Å². The molecule has 0 aliphatic heterocycles. The van der Waals surface area contributed by atoms with Crippen LogP contribution < -0.4 is 0 Å². The summed E-state index contributed by atoms with van der Waals surface area (Å²) in [5.74, 6) is 0.0190. The van der Waals surface area contributed by atoms with E-state index < -0.39 is 17.9 Å². The molecule has 0 saturated heterocycles. The van der Waals surface area contributed by atoms with Crippen LogP contribution in [-0.2, 0) is 122 Å². The monoisotopic (exact) mass is 704 g/mol. The van der Waals surface area contributed by atoms with Gasteiger partial charge in [0.1, 0.15) is 17.9 Å².